The predicted octanol–water partition coefficient (Wildman–Crippen LogP) is 0.568. The molecule has 176 valence electrons. The highest BCUT2D eigenvalue weighted by Crippen LogP contribution is 2.23. The van der Waals surface area contributed by atoms with E-state index in [1.54, 1.807) is 34.6 Å². The molecule has 0 radical (unpaired) electrons. The average molecular weight is 451 g/mol. The molecule has 0 aromatic carbocycles. The quantitative estimate of drug-likeness (QED) is 0.483. The third-order valence-electron chi connectivity index (χ3n) is 5.16. The molecule has 1 aliphatic heterocycles. The van der Waals surface area contributed by atoms with Crippen LogP contribution in [-0.4, -0.2) is 58.6 Å². The van der Waals surface area contributed by atoms with Crippen LogP contribution in [0.4, 0.5) is 0 Å². The van der Waals surface area contributed by atoms with Crippen molar-refractivity contribution < 1.29 is 33.4 Å². The highest BCUT2D eigenvalue weighted by Gasteiger charge is 2.41. The molecule has 0 unspecified atom stereocenters. The first-order chi connectivity index (χ1) is 15.0. The number of nitrogens with one attached hydrogen (secondary N) is 2. The van der Waals surface area contributed by atoms with Crippen molar-refractivity contribution in [3.63, 3.8) is 0 Å². The number of ether oxygens (including phenoxy) is 3. The number of hydrogen-bond acceptors (Lipinski definition) is 9. The molecule has 1 fully saturated rings. The van der Waals surface area contributed by atoms with E-state index in [0.717, 1.165) is 0 Å². The molecule has 0 bridgehead atoms. The molecule has 11 heteroatoms. The number of carbonyl (C=O) groups excluding carboxylic acids is 4. The number of carbonyl (C=O) groups is 4. The van der Waals surface area contributed by atoms with Gasteiger partial charge in [-0.05, 0) is 27.2 Å². The number of cyclic esters (lactones) is 2. The zero-order valence-corrected chi connectivity index (χ0v) is 19.0. The molecule has 11 nitrogen and oxygen atoms in total. The van der Waals surface area contributed by atoms with Gasteiger partial charge in [-0.15, -0.1) is 0 Å². The molecule has 1 saturated heterocycles. The fourth-order valence-corrected chi connectivity index (χ4v) is 3.08. The second-order valence-corrected chi connectivity index (χ2v) is 7.99. The monoisotopic (exact) mass is 451 g/mol. The third kappa shape index (κ3) is 5.71. The van der Waals surface area contributed by atoms with Crippen molar-refractivity contribution in [2.75, 3.05) is 6.61 Å². The van der Waals surface area contributed by atoms with Gasteiger partial charge in [-0.1, -0.05) is 20.8 Å². The first-order valence-electron chi connectivity index (χ1n) is 10.4. The van der Waals surface area contributed by atoms with E-state index in [-0.39, 0.29) is 6.42 Å². The highest BCUT2D eigenvalue weighted by atomic mass is 16.6. The van der Waals surface area contributed by atoms with Gasteiger partial charge in [-0.3, -0.25) is 19.2 Å². The fourth-order valence-electron chi connectivity index (χ4n) is 3.08. The molecule has 1 amide bonds. The number of amides is 1. The average Bonchev–Trinajstić information content (AvgIpc) is 2.75. The van der Waals surface area contributed by atoms with E-state index in [0.29, 0.717) is 11.4 Å². The van der Waals surface area contributed by atoms with Gasteiger partial charge in [0.15, 0.2) is 17.8 Å². The molecular formula is C21H29N3O8. The zero-order valence-electron chi connectivity index (χ0n) is 19.0. The Balaban J connectivity index is 2.27. The number of rotatable bonds is 5. The second kappa shape index (κ2) is 10.4. The molecule has 0 saturated carbocycles. The van der Waals surface area contributed by atoms with Gasteiger partial charge in [-0.2, -0.15) is 0 Å². The summed E-state index contributed by atoms with van der Waals surface area (Å²) in [7, 11) is 0. The minimum Gasteiger partial charge on any atom is -0.463 e. The summed E-state index contributed by atoms with van der Waals surface area (Å²) in [5.41, 5.74) is -0.217. The van der Waals surface area contributed by atoms with Crippen molar-refractivity contribution in [2.45, 2.75) is 66.2 Å². The molecule has 1 aliphatic rings. The molecule has 0 aliphatic carbocycles. The number of aromatic amines is 1. The van der Waals surface area contributed by atoms with Gasteiger partial charge in [0, 0.05) is 5.69 Å². The van der Waals surface area contributed by atoms with E-state index in [1.165, 1.54) is 6.92 Å². The molecule has 4 atom stereocenters. The van der Waals surface area contributed by atoms with E-state index in [9.17, 15) is 24.0 Å². The Labute approximate surface area is 185 Å². The number of hydrogen-bond donors (Lipinski definition) is 2. The molecule has 2 rings (SSSR count). The fraction of sp³-hybridized carbons (Fsp3) is 0.619. The van der Waals surface area contributed by atoms with Crippen molar-refractivity contribution in [1.29, 1.82) is 0 Å². The first-order valence-corrected chi connectivity index (χ1v) is 10.4. The van der Waals surface area contributed by atoms with E-state index >= 15 is 0 Å². The summed E-state index contributed by atoms with van der Waals surface area (Å²) in [4.78, 5) is 68.6. The summed E-state index contributed by atoms with van der Waals surface area (Å²) in [6.07, 6.45) is -1.76. The molecule has 2 N–H and O–H groups in total. The van der Waals surface area contributed by atoms with Crippen LogP contribution in [-0.2, 0) is 28.6 Å². The molecule has 2 heterocycles. The Morgan fingerprint density at radius 1 is 1.22 bits per heavy atom. The standard InChI is InChI=1S/C21H29N3O8/c1-7-13-16(32-19(27)9(2)3)12(6)31-21(29)14(8-30-20(13)28)24-18(26)15-17(25)23-11(5)10(4)22-15/h9,12-14,16H,7-8H2,1-6H3,(H,23,25)(H,24,26)/t12-,13+,14-,16-/m0/s1. The SMILES string of the molecule is CC[C@H]1C(=O)OC[C@H](NC(=O)c2nc(C)c(C)[nH]c2=O)C(=O)O[C@@H](C)[C@@H]1OC(=O)C(C)C. The summed E-state index contributed by atoms with van der Waals surface area (Å²) in [5, 5.41) is 2.33. The van der Waals surface area contributed by atoms with Gasteiger partial charge in [0.2, 0.25) is 0 Å². The van der Waals surface area contributed by atoms with Crippen molar-refractivity contribution in [1.82, 2.24) is 15.3 Å². The van der Waals surface area contributed by atoms with Crippen LogP contribution in [0.3, 0.4) is 0 Å². The maximum absolute atomic E-state index is 12.7. The Hall–Kier alpha value is -3.24. The Bertz CT molecular complexity index is 955. The summed E-state index contributed by atoms with van der Waals surface area (Å²) in [5.74, 6) is -4.38. The molecule has 1 aromatic rings. The van der Waals surface area contributed by atoms with Crippen LogP contribution >= 0.6 is 0 Å². The minimum atomic E-state index is -1.38. The van der Waals surface area contributed by atoms with Crippen LogP contribution in [0.5, 0.6) is 0 Å². The van der Waals surface area contributed by atoms with Crippen molar-refractivity contribution in [2.24, 2.45) is 11.8 Å². The van der Waals surface area contributed by atoms with Gasteiger partial charge in [0.1, 0.15) is 12.7 Å². The van der Waals surface area contributed by atoms with Gasteiger partial charge < -0.3 is 24.5 Å². The highest BCUT2D eigenvalue weighted by molar-refractivity contribution is 5.95. The van der Waals surface area contributed by atoms with Gasteiger partial charge in [-0.25, -0.2) is 9.78 Å². The maximum atomic E-state index is 12.7. The van der Waals surface area contributed by atoms with Crippen LogP contribution < -0.4 is 10.9 Å². The van der Waals surface area contributed by atoms with Crippen molar-refractivity contribution in [3.8, 4) is 0 Å². The van der Waals surface area contributed by atoms with E-state index in [2.05, 4.69) is 15.3 Å². The van der Waals surface area contributed by atoms with E-state index in [1.807, 2.05) is 0 Å². The lowest BCUT2D eigenvalue weighted by Crippen LogP contribution is -2.48. The van der Waals surface area contributed by atoms with Gasteiger partial charge >= 0.3 is 17.9 Å². The van der Waals surface area contributed by atoms with Crippen LogP contribution in [0.2, 0.25) is 0 Å². The summed E-state index contributed by atoms with van der Waals surface area (Å²) < 4.78 is 16.1. The molecule has 1 aromatic heterocycles. The van der Waals surface area contributed by atoms with E-state index in [4.69, 9.17) is 14.2 Å². The Morgan fingerprint density at radius 2 is 1.88 bits per heavy atom. The first kappa shape index (κ1) is 25.0. The van der Waals surface area contributed by atoms with Gasteiger partial charge in [0.25, 0.3) is 11.5 Å². The smallest absolute Gasteiger partial charge is 0.332 e. The lowest BCUT2D eigenvalue weighted by Gasteiger charge is -2.29. The van der Waals surface area contributed by atoms with Crippen LogP contribution in [0.1, 0.15) is 56.0 Å². The van der Waals surface area contributed by atoms with Crippen molar-refractivity contribution in [3.05, 3.63) is 27.4 Å². The summed E-state index contributed by atoms with van der Waals surface area (Å²) in [6.45, 7) is 9.22. The van der Waals surface area contributed by atoms with Crippen LogP contribution in [0, 0.1) is 25.7 Å². The minimum absolute atomic E-state index is 0.274. The van der Waals surface area contributed by atoms with E-state index < -0.39 is 71.8 Å². The zero-order chi connectivity index (χ0) is 24.2. The number of esters is 3. The van der Waals surface area contributed by atoms with Crippen LogP contribution in [0.25, 0.3) is 0 Å². The van der Waals surface area contributed by atoms with Crippen molar-refractivity contribution >= 4 is 23.8 Å². The van der Waals surface area contributed by atoms with Crippen LogP contribution in [0.15, 0.2) is 4.79 Å². The number of H-pyrrole nitrogens is 1. The Morgan fingerprint density at radius 3 is 2.47 bits per heavy atom. The topological polar surface area (TPSA) is 154 Å². The molecule has 32 heavy (non-hydrogen) atoms. The maximum Gasteiger partial charge on any atom is 0.332 e. The summed E-state index contributed by atoms with van der Waals surface area (Å²) >= 11 is 0. The lowest BCUT2D eigenvalue weighted by atomic mass is 9.95. The number of aromatic nitrogens is 2. The van der Waals surface area contributed by atoms with Gasteiger partial charge in [0.05, 0.1) is 17.5 Å². The largest absolute Gasteiger partial charge is 0.463 e. The third-order valence-corrected chi connectivity index (χ3v) is 5.16. The second-order valence-electron chi connectivity index (χ2n) is 7.99. The molecular weight excluding hydrogens is 422 g/mol. The molecule has 0 spiro atoms. The number of aryl methyl sites for hydroxylation is 2. The number of nitrogens with zero attached hydrogens (tertiary/aromatic N) is 1. The predicted molar refractivity (Wildman–Crippen MR) is 111 cm³/mol. The Kier molecular flexibility index (Phi) is 8.12. The summed E-state index contributed by atoms with van der Waals surface area (Å²) in [6, 6.07) is -1.38. The lowest BCUT2D eigenvalue weighted by molar-refractivity contribution is -0.176. The normalized spacial score (nSPS) is 24.0.